The number of carbonyl (C=O) groups excluding carboxylic acids is 3. The van der Waals surface area contributed by atoms with Crippen LogP contribution in [0.2, 0.25) is 0 Å². The molecular weight excluding hydrogens is 455 g/mol. The van der Waals surface area contributed by atoms with E-state index in [2.05, 4.69) is 4.98 Å². The second-order valence-electron chi connectivity index (χ2n) is 8.89. The second kappa shape index (κ2) is 9.60. The zero-order valence-corrected chi connectivity index (χ0v) is 20.3. The van der Waals surface area contributed by atoms with Crippen molar-refractivity contribution in [3.63, 3.8) is 0 Å². The van der Waals surface area contributed by atoms with Crippen LogP contribution in [0.5, 0.6) is 0 Å². The second-order valence-corrected chi connectivity index (χ2v) is 10.0. The Morgan fingerprint density at radius 1 is 1.12 bits per heavy atom. The van der Waals surface area contributed by atoms with Gasteiger partial charge in [0, 0.05) is 38.5 Å². The number of nitrogens with zero attached hydrogens (tertiary/aromatic N) is 4. The molecular formula is C25H27FN4O3S. The summed E-state index contributed by atoms with van der Waals surface area (Å²) < 4.78 is 15.9. The van der Waals surface area contributed by atoms with Crippen molar-refractivity contribution in [2.24, 2.45) is 0 Å². The highest BCUT2D eigenvalue weighted by atomic mass is 32.1. The van der Waals surface area contributed by atoms with Gasteiger partial charge in [0.25, 0.3) is 0 Å². The van der Waals surface area contributed by atoms with Crippen LogP contribution in [-0.4, -0.2) is 71.6 Å². The van der Waals surface area contributed by atoms with Crippen LogP contribution in [0.4, 0.5) is 4.39 Å². The van der Waals surface area contributed by atoms with Gasteiger partial charge in [-0.3, -0.25) is 19.3 Å². The monoisotopic (exact) mass is 482 g/mol. The molecule has 1 aromatic heterocycles. The first-order chi connectivity index (χ1) is 16.2. The SMILES string of the molecule is CN(C)CCN1C(=O)CC(CC(=O)N(C)Cc2nc3ccccc3s2)(c2ccccc2F)C1=O. The van der Waals surface area contributed by atoms with E-state index in [1.807, 2.05) is 43.3 Å². The Balaban J connectivity index is 1.61. The number of hydrogen-bond acceptors (Lipinski definition) is 6. The van der Waals surface area contributed by atoms with Gasteiger partial charge in [-0.25, -0.2) is 9.37 Å². The number of carbonyl (C=O) groups is 3. The summed E-state index contributed by atoms with van der Waals surface area (Å²) in [5.41, 5.74) is -0.616. The molecule has 1 unspecified atom stereocenters. The first kappa shape index (κ1) is 24.0. The van der Waals surface area contributed by atoms with Crippen molar-refractivity contribution in [3.05, 3.63) is 64.9 Å². The standard InChI is InChI=1S/C25H27FN4O3S/c1-28(2)12-13-30-23(32)15-25(24(30)33,17-8-4-5-9-18(17)26)14-22(31)29(3)16-21-27-19-10-6-7-11-20(19)34-21/h4-11H,12-16H2,1-3H3. The lowest BCUT2D eigenvalue weighted by Gasteiger charge is -2.29. The molecule has 0 radical (unpaired) electrons. The summed E-state index contributed by atoms with van der Waals surface area (Å²) in [7, 11) is 5.32. The third kappa shape index (κ3) is 4.58. The van der Waals surface area contributed by atoms with Gasteiger partial charge in [0.1, 0.15) is 10.8 Å². The number of benzene rings is 2. The Hall–Kier alpha value is -3.17. The zero-order valence-electron chi connectivity index (χ0n) is 19.5. The number of rotatable bonds is 8. The first-order valence-electron chi connectivity index (χ1n) is 11.0. The van der Waals surface area contributed by atoms with Gasteiger partial charge < -0.3 is 9.80 Å². The summed E-state index contributed by atoms with van der Waals surface area (Å²) in [6, 6.07) is 13.6. The fourth-order valence-corrected chi connectivity index (χ4v) is 5.31. The largest absolute Gasteiger partial charge is 0.339 e. The van der Waals surface area contributed by atoms with Crippen LogP contribution in [-0.2, 0) is 26.3 Å². The molecule has 3 aromatic rings. The molecule has 4 rings (SSSR count). The van der Waals surface area contributed by atoms with Crippen LogP contribution in [0.25, 0.3) is 10.2 Å². The third-order valence-electron chi connectivity index (χ3n) is 6.16. The topological polar surface area (TPSA) is 73.8 Å². The van der Waals surface area contributed by atoms with Crippen molar-refractivity contribution in [1.29, 1.82) is 0 Å². The highest BCUT2D eigenvalue weighted by molar-refractivity contribution is 7.18. The van der Waals surface area contributed by atoms with Crippen LogP contribution in [0.1, 0.15) is 23.4 Å². The summed E-state index contributed by atoms with van der Waals surface area (Å²) in [4.78, 5) is 48.8. The molecule has 1 atom stereocenters. The fraction of sp³-hybridized carbons (Fsp3) is 0.360. The molecule has 9 heteroatoms. The van der Waals surface area contributed by atoms with Gasteiger partial charge in [-0.05, 0) is 32.3 Å². The van der Waals surface area contributed by atoms with E-state index in [1.165, 1.54) is 34.4 Å². The zero-order chi connectivity index (χ0) is 24.5. The molecule has 0 aliphatic carbocycles. The lowest BCUT2D eigenvalue weighted by Crippen LogP contribution is -2.44. The minimum atomic E-state index is -1.56. The number of hydrogen-bond donors (Lipinski definition) is 0. The van der Waals surface area contributed by atoms with E-state index in [4.69, 9.17) is 0 Å². The van der Waals surface area contributed by atoms with Crippen molar-refractivity contribution >= 4 is 39.3 Å². The van der Waals surface area contributed by atoms with Crippen LogP contribution in [0.3, 0.4) is 0 Å². The van der Waals surface area contributed by atoms with Gasteiger partial charge in [-0.2, -0.15) is 0 Å². The molecule has 7 nitrogen and oxygen atoms in total. The first-order valence-corrected chi connectivity index (χ1v) is 11.9. The van der Waals surface area contributed by atoms with Crippen LogP contribution in [0.15, 0.2) is 48.5 Å². The molecule has 1 fully saturated rings. The van der Waals surface area contributed by atoms with Gasteiger partial charge in [0.2, 0.25) is 17.7 Å². The maximum atomic E-state index is 14.9. The lowest BCUT2D eigenvalue weighted by molar-refractivity contribution is -0.142. The molecule has 1 saturated heterocycles. The predicted molar refractivity (Wildman–Crippen MR) is 129 cm³/mol. The van der Waals surface area contributed by atoms with Crippen molar-refractivity contribution < 1.29 is 18.8 Å². The Kier molecular flexibility index (Phi) is 6.77. The molecule has 178 valence electrons. The summed E-state index contributed by atoms with van der Waals surface area (Å²) in [5, 5.41) is 0.762. The Bertz CT molecular complexity index is 1210. The van der Waals surface area contributed by atoms with Gasteiger partial charge in [-0.15, -0.1) is 11.3 Å². The van der Waals surface area contributed by atoms with Gasteiger partial charge in [0.05, 0.1) is 22.2 Å². The van der Waals surface area contributed by atoms with Gasteiger partial charge >= 0.3 is 0 Å². The maximum Gasteiger partial charge on any atom is 0.241 e. The molecule has 0 saturated carbocycles. The lowest BCUT2D eigenvalue weighted by atomic mass is 9.75. The van der Waals surface area contributed by atoms with Crippen LogP contribution < -0.4 is 0 Å². The fourth-order valence-electron chi connectivity index (χ4n) is 4.29. The van der Waals surface area contributed by atoms with Crippen molar-refractivity contribution in [1.82, 2.24) is 19.7 Å². The molecule has 0 N–H and O–H groups in total. The number of para-hydroxylation sites is 1. The van der Waals surface area contributed by atoms with Crippen LogP contribution in [0, 0.1) is 5.82 Å². The molecule has 0 spiro atoms. The van der Waals surface area contributed by atoms with E-state index in [0.717, 1.165) is 20.1 Å². The molecule has 2 heterocycles. The normalized spacial score (nSPS) is 18.3. The summed E-state index contributed by atoms with van der Waals surface area (Å²) >= 11 is 1.50. The molecule has 34 heavy (non-hydrogen) atoms. The van der Waals surface area contributed by atoms with Crippen molar-refractivity contribution in [2.75, 3.05) is 34.2 Å². The van der Waals surface area contributed by atoms with Gasteiger partial charge in [-0.1, -0.05) is 30.3 Å². The number of thiazole rings is 1. The van der Waals surface area contributed by atoms with E-state index >= 15 is 0 Å². The Labute approximate surface area is 201 Å². The van der Waals surface area contributed by atoms with E-state index in [0.29, 0.717) is 6.54 Å². The summed E-state index contributed by atoms with van der Waals surface area (Å²) in [5.74, 6) is -1.86. The minimum absolute atomic E-state index is 0.0856. The number of aromatic nitrogens is 1. The quantitative estimate of drug-likeness (QED) is 0.462. The number of halogens is 1. The number of likely N-dealkylation sites (tertiary alicyclic amines) is 1. The molecule has 1 aliphatic heterocycles. The number of amides is 3. The van der Waals surface area contributed by atoms with Gasteiger partial charge in [0.15, 0.2) is 0 Å². The number of likely N-dealkylation sites (N-methyl/N-ethyl adjacent to an activating group) is 1. The van der Waals surface area contributed by atoms with Crippen molar-refractivity contribution in [3.8, 4) is 0 Å². The number of fused-ring (bicyclic) bond motifs is 1. The average molecular weight is 483 g/mol. The summed E-state index contributed by atoms with van der Waals surface area (Å²) in [6.07, 6.45) is -0.528. The predicted octanol–water partition coefficient (Wildman–Crippen LogP) is 3.04. The summed E-state index contributed by atoms with van der Waals surface area (Å²) in [6.45, 7) is 0.935. The highest BCUT2D eigenvalue weighted by Gasteiger charge is 2.54. The average Bonchev–Trinajstić information content (AvgIpc) is 3.30. The number of imide groups is 1. The third-order valence-corrected chi connectivity index (χ3v) is 7.18. The smallest absolute Gasteiger partial charge is 0.241 e. The van der Waals surface area contributed by atoms with E-state index < -0.39 is 23.0 Å². The van der Waals surface area contributed by atoms with Crippen LogP contribution >= 0.6 is 11.3 Å². The highest BCUT2D eigenvalue weighted by Crippen LogP contribution is 2.41. The van der Waals surface area contributed by atoms with E-state index in [9.17, 15) is 18.8 Å². The van der Waals surface area contributed by atoms with E-state index in [1.54, 1.807) is 13.1 Å². The molecule has 2 aromatic carbocycles. The maximum absolute atomic E-state index is 14.9. The molecule has 1 aliphatic rings. The Morgan fingerprint density at radius 2 is 1.82 bits per heavy atom. The molecule has 0 bridgehead atoms. The Morgan fingerprint density at radius 3 is 2.53 bits per heavy atom. The molecule has 3 amide bonds. The minimum Gasteiger partial charge on any atom is -0.339 e. The van der Waals surface area contributed by atoms with Crippen molar-refractivity contribution in [2.45, 2.75) is 24.8 Å². The van der Waals surface area contributed by atoms with E-state index in [-0.39, 0.29) is 37.4 Å².